The lowest BCUT2D eigenvalue weighted by molar-refractivity contribution is 0.0949. The van der Waals surface area contributed by atoms with Gasteiger partial charge in [-0.3, -0.25) is 4.79 Å². The molecule has 1 atom stereocenters. The number of para-hydroxylation sites is 1. The molecule has 0 fully saturated rings. The molecule has 1 heterocycles. The van der Waals surface area contributed by atoms with Crippen molar-refractivity contribution in [3.05, 3.63) is 88.6 Å². The van der Waals surface area contributed by atoms with E-state index >= 15 is 0 Å². The first-order valence-corrected chi connectivity index (χ1v) is 10.8. The van der Waals surface area contributed by atoms with Crippen LogP contribution in [0.5, 0.6) is 17.2 Å². The molecule has 3 aromatic carbocycles. The molecule has 7 heteroatoms. The third kappa shape index (κ3) is 4.47. The van der Waals surface area contributed by atoms with Crippen LogP contribution in [0.3, 0.4) is 0 Å². The van der Waals surface area contributed by atoms with Gasteiger partial charge in [0.1, 0.15) is 5.75 Å². The van der Waals surface area contributed by atoms with Crippen LogP contribution in [0.2, 0.25) is 5.02 Å². The number of amides is 1. The van der Waals surface area contributed by atoms with Crippen molar-refractivity contribution in [1.29, 1.82) is 0 Å². The van der Waals surface area contributed by atoms with Gasteiger partial charge in [0.05, 0.1) is 26.9 Å². The molecule has 2 N–H and O–H groups in total. The minimum Gasteiger partial charge on any atom is -0.496 e. The minimum atomic E-state index is -0.287. The third-order valence-electron chi connectivity index (χ3n) is 5.69. The molecule has 0 aliphatic rings. The number of fused-ring (bicyclic) bond motifs is 1. The lowest BCUT2D eigenvalue weighted by Gasteiger charge is -2.20. The Labute approximate surface area is 197 Å². The van der Waals surface area contributed by atoms with E-state index in [0.29, 0.717) is 34.4 Å². The van der Waals surface area contributed by atoms with Crippen LogP contribution in [0, 0.1) is 0 Å². The second-order valence-electron chi connectivity index (χ2n) is 7.48. The molecule has 4 rings (SSSR count). The monoisotopic (exact) mass is 464 g/mol. The summed E-state index contributed by atoms with van der Waals surface area (Å²) >= 11 is 6.57. The molecular weight excluding hydrogens is 440 g/mol. The van der Waals surface area contributed by atoms with Gasteiger partial charge in [-0.05, 0) is 23.3 Å². The second kappa shape index (κ2) is 9.88. The topological polar surface area (TPSA) is 72.6 Å². The quantitative estimate of drug-likeness (QED) is 0.365. The number of aromatic amines is 1. The van der Waals surface area contributed by atoms with Crippen LogP contribution in [0.1, 0.15) is 27.4 Å². The van der Waals surface area contributed by atoms with Crippen LogP contribution < -0.4 is 19.5 Å². The summed E-state index contributed by atoms with van der Waals surface area (Å²) in [5.74, 6) is 0.877. The van der Waals surface area contributed by atoms with Gasteiger partial charge in [0, 0.05) is 46.7 Å². The van der Waals surface area contributed by atoms with E-state index in [2.05, 4.69) is 16.4 Å². The first-order chi connectivity index (χ1) is 16.1. The molecule has 33 heavy (non-hydrogen) atoms. The van der Waals surface area contributed by atoms with Gasteiger partial charge in [-0.25, -0.2) is 0 Å². The Morgan fingerprint density at radius 2 is 1.58 bits per heavy atom. The zero-order valence-corrected chi connectivity index (χ0v) is 19.4. The van der Waals surface area contributed by atoms with Gasteiger partial charge < -0.3 is 24.5 Å². The van der Waals surface area contributed by atoms with Crippen molar-refractivity contribution in [2.75, 3.05) is 27.9 Å². The number of methoxy groups -OCH3 is 3. The average molecular weight is 465 g/mol. The molecule has 1 unspecified atom stereocenters. The van der Waals surface area contributed by atoms with E-state index in [4.69, 9.17) is 25.8 Å². The number of rotatable bonds is 8. The van der Waals surface area contributed by atoms with Crippen molar-refractivity contribution in [2.45, 2.75) is 5.92 Å². The van der Waals surface area contributed by atoms with Gasteiger partial charge in [-0.2, -0.15) is 0 Å². The summed E-state index contributed by atoms with van der Waals surface area (Å²) in [6.07, 6.45) is 1.97. The molecule has 0 saturated carbocycles. The number of H-pyrrole nitrogens is 1. The van der Waals surface area contributed by atoms with Gasteiger partial charge in [0.2, 0.25) is 0 Å². The van der Waals surface area contributed by atoms with Gasteiger partial charge in [-0.15, -0.1) is 0 Å². The molecule has 1 amide bonds. The first-order valence-electron chi connectivity index (χ1n) is 10.5. The Hall–Kier alpha value is -3.64. The summed E-state index contributed by atoms with van der Waals surface area (Å²) in [7, 11) is 4.57. The highest BCUT2D eigenvalue weighted by atomic mass is 35.5. The zero-order chi connectivity index (χ0) is 23.4. The number of hydrogen-bond donors (Lipinski definition) is 2. The van der Waals surface area contributed by atoms with Gasteiger partial charge in [0.25, 0.3) is 5.91 Å². The maximum Gasteiger partial charge on any atom is 0.255 e. The second-order valence-corrected chi connectivity index (χ2v) is 7.89. The summed E-state index contributed by atoms with van der Waals surface area (Å²) in [5.41, 5.74) is 3.37. The fraction of sp³-hybridized carbons (Fsp3) is 0.192. The molecule has 0 bridgehead atoms. The highest BCUT2D eigenvalue weighted by Crippen LogP contribution is 2.36. The van der Waals surface area contributed by atoms with Crippen LogP contribution in [0.4, 0.5) is 0 Å². The van der Waals surface area contributed by atoms with E-state index in [9.17, 15) is 4.79 Å². The molecule has 0 spiro atoms. The number of aromatic nitrogens is 1. The Morgan fingerprint density at radius 3 is 2.30 bits per heavy atom. The molecule has 0 saturated heterocycles. The highest BCUT2D eigenvalue weighted by Gasteiger charge is 2.23. The zero-order valence-electron chi connectivity index (χ0n) is 18.6. The number of halogens is 1. The summed E-state index contributed by atoms with van der Waals surface area (Å²) in [6.45, 7) is 0.335. The Morgan fingerprint density at radius 1 is 0.909 bits per heavy atom. The van der Waals surface area contributed by atoms with Crippen molar-refractivity contribution in [3.63, 3.8) is 0 Å². The number of ether oxygens (including phenoxy) is 3. The van der Waals surface area contributed by atoms with Gasteiger partial charge in [-0.1, -0.05) is 48.0 Å². The van der Waals surface area contributed by atoms with E-state index in [0.717, 1.165) is 22.0 Å². The number of nitrogens with one attached hydrogen (secondary N) is 2. The number of carbonyl (C=O) groups excluding carboxylic acids is 1. The van der Waals surface area contributed by atoms with Crippen molar-refractivity contribution >= 4 is 28.4 Å². The standard InChI is InChI=1S/C26H25ClN2O4/c1-31-23-13-25(33-3)24(32-2)12-18(23)26(30)29-15-19(16-8-4-6-10-21(16)27)20-14-28-22-11-7-5-9-17(20)22/h4-14,19,28H,15H2,1-3H3,(H,29,30). The maximum atomic E-state index is 13.2. The molecule has 1 aromatic heterocycles. The van der Waals surface area contributed by atoms with E-state index < -0.39 is 0 Å². The summed E-state index contributed by atoms with van der Waals surface area (Å²) in [5, 5.41) is 4.78. The van der Waals surface area contributed by atoms with Crippen LogP contribution in [-0.4, -0.2) is 38.8 Å². The smallest absolute Gasteiger partial charge is 0.255 e. The third-order valence-corrected chi connectivity index (χ3v) is 6.04. The van der Waals surface area contributed by atoms with Crippen LogP contribution in [0.25, 0.3) is 10.9 Å². The highest BCUT2D eigenvalue weighted by molar-refractivity contribution is 6.31. The molecule has 0 aliphatic heterocycles. The van der Waals surface area contributed by atoms with Crippen molar-refractivity contribution in [3.8, 4) is 17.2 Å². The van der Waals surface area contributed by atoms with Crippen molar-refractivity contribution in [1.82, 2.24) is 10.3 Å². The molecule has 0 radical (unpaired) electrons. The van der Waals surface area contributed by atoms with Crippen molar-refractivity contribution < 1.29 is 19.0 Å². The molecule has 4 aromatic rings. The van der Waals surface area contributed by atoms with E-state index in [1.54, 1.807) is 12.1 Å². The summed E-state index contributed by atoms with van der Waals surface area (Å²) < 4.78 is 16.1. The van der Waals surface area contributed by atoms with E-state index in [-0.39, 0.29) is 11.8 Å². The fourth-order valence-electron chi connectivity index (χ4n) is 4.02. The first kappa shape index (κ1) is 22.6. The van der Waals surface area contributed by atoms with Gasteiger partial charge >= 0.3 is 0 Å². The average Bonchev–Trinajstić information content (AvgIpc) is 3.28. The summed E-state index contributed by atoms with van der Waals surface area (Å²) in [6, 6.07) is 19.0. The SMILES string of the molecule is COc1cc(OC)c(C(=O)NCC(c2ccccc2Cl)c2c[nH]c3ccccc23)cc1OC. The fourth-order valence-corrected chi connectivity index (χ4v) is 4.29. The van der Waals surface area contributed by atoms with E-state index in [1.165, 1.54) is 21.3 Å². The van der Waals surface area contributed by atoms with Gasteiger partial charge in [0.15, 0.2) is 11.5 Å². The predicted molar refractivity (Wildman–Crippen MR) is 130 cm³/mol. The maximum absolute atomic E-state index is 13.2. The normalized spacial score (nSPS) is 11.8. The molecule has 0 aliphatic carbocycles. The predicted octanol–water partition coefficient (Wildman–Crippen LogP) is 5.41. The lowest BCUT2D eigenvalue weighted by Crippen LogP contribution is -2.29. The molecule has 6 nitrogen and oxygen atoms in total. The Kier molecular flexibility index (Phi) is 6.75. The minimum absolute atomic E-state index is 0.162. The number of benzene rings is 3. The summed E-state index contributed by atoms with van der Waals surface area (Å²) in [4.78, 5) is 16.5. The molecule has 170 valence electrons. The van der Waals surface area contributed by atoms with Crippen molar-refractivity contribution in [2.24, 2.45) is 0 Å². The van der Waals surface area contributed by atoms with Crippen LogP contribution in [0.15, 0.2) is 66.9 Å². The van der Waals surface area contributed by atoms with Crippen LogP contribution >= 0.6 is 11.6 Å². The molecular formula is C26H25ClN2O4. The number of hydrogen-bond acceptors (Lipinski definition) is 4. The Balaban J connectivity index is 1.69. The number of carbonyl (C=O) groups is 1. The lowest BCUT2D eigenvalue weighted by atomic mass is 9.90. The largest absolute Gasteiger partial charge is 0.496 e. The van der Waals surface area contributed by atoms with E-state index in [1.807, 2.05) is 48.7 Å². The Bertz CT molecular complexity index is 1280. The van der Waals surface area contributed by atoms with Crippen LogP contribution in [-0.2, 0) is 0 Å².